The van der Waals surface area contributed by atoms with Gasteiger partial charge in [0.1, 0.15) is 0 Å². The predicted molar refractivity (Wildman–Crippen MR) is 280 cm³/mol. The van der Waals surface area contributed by atoms with E-state index >= 15 is 0 Å². The van der Waals surface area contributed by atoms with E-state index in [9.17, 15) is 0 Å². The SMILES string of the molecule is c1ccc(-n2c3ccccc3c3cc(-c4cccc(-c5cccc(N(c6ccc7c(c6)C6(c8ccccc8-c8ccccc86)c6ccccc6-7)c6cccc7ccccc67)c5)c4)ccc32)cc1. The molecule has 11 aromatic carbocycles. The first kappa shape index (κ1) is 37.6. The summed E-state index contributed by atoms with van der Waals surface area (Å²) in [6, 6.07) is 94.3. The summed E-state index contributed by atoms with van der Waals surface area (Å²) in [6.45, 7) is 0. The van der Waals surface area contributed by atoms with Gasteiger partial charge in [-0.2, -0.15) is 0 Å². The number of hydrogen-bond donors (Lipinski definition) is 0. The van der Waals surface area contributed by atoms with E-state index in [1.165, 1.54) is 99.5 Å². The Balaban J connectivity index is 0.931. The molecule has 14 rings (SSSR count). The number of fused-ring (bicyclic) bond motifs is 14. The first-order valence-electron chi connectivity index (χ1n) is 23.3. The Hall–Kier alpha value is -8.72. The van der Waals surface area contributed by atoms with Crippen molar-refractivity contribution in [2.75, 3.05) is 4.90 Å². The molecule has 2 nitrogen and oxygen atoms in total. The predicted octanol–water partition coefficient (Wildman–Crippen LogP) is 17.1. The van der Waals surface area contributed by atoms with E-state index in [0.29, 0.717) is 0 Å². The second-order valence-electron chi connectivity index (χ2n) is 18.0. The molecule has 67 heavy (non-hydrogen) atoms. The number of rotatable bonds is 6. The van der Waals surface area contributed by atoms with Crippen LogP contribution in [0.25, 0.3) is 82.8 Å². The molecule has 0 radical (unpaired) electrons. The van der Waals surface area contributed by atoms with Crippen molar-refractivity contribution in [2.45, 2.75) is 5.41 Å². The van der Waals surface area contributed by atoms with E-state index in [0.717, 1.165) is 22.6 Å². The molecule has 0 saturated heterocycles. The van der Waals surface area contributed by atoms with E-state index in [1.807, 2.05) is 0 Å². The quantitative estimate of drug-likeness (QED) is 0.162. The van der Waals surface area contributed by atoms with Crippen LogP contribution in [0, 0.1) is 0 Å². The summed E-state index contributed by atoms with van der Waals surface area (Å²) < 4.78 is 2.38. The summed E-state index contributed by atoms with van der Waals surface area (Å²) in [7, 11) is 0. The van der Waals surface area contributed by atoms with Gasteiger partial charge in [-0.15, -0.1) is 0 Å². The van der Waals surface area contributed by atoms with Crippen molar-refractivity contribution >= 4 is 49.6 Å². The summed E-state index contributed by atoms with van der Waals surface area (Å²) >= 11 is 0. The van der Waals surface area contributed by atoms with Crippen LogP contribution in [0.2, 0.25) is 0 Å². The van der Waals surface area contributed by atoms with Crippen LogP contribution in [0.1, 0.15) is 22.3 Å². The molecule has 1 spiro atoms. The zero-order chi connectivity index (χ0) is 44.1. The minimum absolute atomic E-state index is 0.443. The first-order valence-corrected chi connectivity index (χ1v) is 23.3. The fraction of sp³-hybridized carbons (Fsp3) is 0.0154. The number of anilines is 3. The van der Waals surface area contributed by atoms with Gasteiger partial charge in [0.2, 0.25) is 0 Å². The molecular weight excluding hydrogens is 809 g/mol. The Morgan fingerprint density at radius 2 is 0.821 bits per heavy atom. The van der Waals surface area contributed by atoms with E-state index in [2.05, 4.69) is 264 Å². The molecule has 312 valence electrons. The van der Waals surface area contributed by atoms with E-state index in [4.69, 9.17) is 0 Å². The molecule has 0 saturated carbocycles. The maximum absolute atomic E-state index is 2.49. The van der Waals surface area contributed by atoms with Crippen LogP contribution in [0.4, 0.5) is 17.1 Å². The maximum atomic E-state index is 2.49. The molecule has 2 aliphatic rings. The van der Waals surface area contributed by atoms with Crippen molar-refractivity contribution in [3.63, 3.8) is 0 Å². The van der Waals surface area contributed by atoms with E-state index in [1.54, 1.807) is 0 Å². The van der Waals surface area contributed by atoms with Crippen LogP contribution in [0.5, 0.6) is 0 Å². The van der Waals surface area contributed by atoms with Crippen LogP contribution < -0.4 is 4.90 Å². The van der Waals surface area contributed by atoms with Crippen molar-refractivity contribution in [3.05, 3.63) is 277 Å². The highest BCUT2D eigenvalue weighted by Crippen LogP contribution is 2.63. The van der Waals surface area contributed by atoms with Crippen LogP contribution in [0.3, 0.4) is 0 Å². The van der Waals surface area contributed by atoms with Gasteiger partial charge in [0.05, 0.1) is 22.1 Å². The Bertz CT molecular complexity index is 3880. The molecule has 0 bridgehead atoms. The lowest BCUT2D eigenvalue weighted by Crippen LogP contribution is -2.26. The first-order chi connectivity index (χ1) is 33.2. The van der Waals surface area contributed by atoms with Crippen molar-refractivity contribution in [2.24, 2.45) is 0 Å². The monoisotopic (exact) mass is 850 g/mol. The minimum Gasteiger partial charge on any atom is -0.310 e. The summed E-state index contributed by atoms with van der Waals surface area (Å²) in [5, 5.41) is 4.92. The molecule has 2 aliphatic carbocycles. The number of aromatic nitrogens is 1. The molecule has 0 fully saturated rings. The standard InChI is InChI=1S/C65H42N2/c1-2-22-48(23-3-1)67-63-33-13-9-29-56(63)57-41-47(35-38-64(57)67)45-20-14-19-44(39-45)46-21-15-24-49(40-46)66(62-34-16-18-43-17-4-5-25-51(43)62)50-36-37-55-54-28-8-12-32-60(54)65(61(55)42-50)58-30-10-6-26-52(58)53-27-7-11-31-59(53)65/h1-42H. The number of nitrogens with zero attached hydrogens (tertiary/aromatic N) is 2. The van der Waals surface area contributed by atoms with Crippen molar-refractivity contribution in [1.29, 1.82) is 0 Å². The second kappa shape index (κ2) is 14.7. The fourth-order valence-electron chi connectivity index (χ4n) is 11.8. The van der Waals surface area contributed by atoms with Crippen molar-refractivity contribution in [3.8, 4) is 50.2 Å². The van der Waals surface area contributed by atoms with Gasteiger partial charge >= 0.3 is 0 Å². The summed E-state index contributed by atoms with van der Waals surface area (Å²) in [5.74, 6) is 0. The lowest BCUT2D eigenvalue weighted by molar-refractivity contribution is 0.793. The molecular formula is C65H42N2. The smallest absolute Gasteiger partial charge is 0.0726 e. The Labute approximate surface area is 389 Å². The molecule has 1 heterocycles. The number of hydrogen-bond acceptors (Lipinski definition) is 1. The molecule has 12 aromatic rings. The van der Waals surface area contributed by atoms with Gasteiger partial charge in [-0.25, -0.2) is 0 Å². The Kier molecular flexibility index (Phi) is 8.23. The van der Waals surface area contributed by atoms with Crippen molar-refractivity contribution < 1.29 is 0 Å². The van der Waals surface area contributed by atoms with Gasteiger partial charge in [-0.05, 0) is 139 Å². The van der Waals surface area contributed by atoms with Gasteiger partial charge in [-0.1, -0.05) is 188 Å². The average molecular weight is 851 g/mol. The highest BCUT2D eigenvalue weighted by atomic mass is 15.1. The largest absolute Gasteiger partial charge is 0.310 e. The van der Waals surface area contributed by atoms with Gasteiger partial charge in [0, 0.05) is 33.2 Å². The van der Waals surface area contributed by atoms with Gasteiger partial charge < -0.3 is 9.47 Å². The van der Waals surface area contributed by atoms with Gasteiger partial charge in [0.15, 0.2) is 0 Å². The number of para-hydroxylation sites is 2. The third-order valence-electron chi connectivity index (χ3n) is 14.6. The van der Waals surface area contributed by atoms with Crippen LogP contribution in [-0.4, -0.2) is 4.57 Å². The third-order valence-corrected chi connectivity index (χ3v) is 14.6. The molecule has 0 aliphatic heterocycles. The molecule has 0 unspecified atom stereocenters. The zero-order valence-electron chi connectivity index (χ0n) is 36.6. The number of benzene rings is 11. The molecule has 2 heteroatoms. The average Bonchev–Trinajstić information content (AvgIpc) is 4.01. The summed E-state index contributed by atoms with van der Waals surface area (Å²) in [4.78, 5) is 2.48. The second-order valence-corrected chi connectivity index (χ2v) is 18.0. The highest BCUT2D eigenvalue weighted by Gasteiger charge is 2.51. The molecule has 1 aromatic heterocycles. The maximum Gasteiger partial charge on any atom is 0.0726 e. The molecule has 0 amide bonds. The third kappa shape index (κ3) is 5.51. The summed E-state index contributed by atoms with van der Waals surface area (Å²) in [5.41, 5.74) is 21.8. The van der Waals surface area contributed by atoms with Gasteiger partial charge in [-0.3, -0.25) is 0 Å². The minimum atomic E-state index is -0.443. The topological polar surface area (TPSA) is 8.17 Å². The van der Waals surface area contributed by atoms with Gasteiger partial charge in [0.25, 0.3) is 0 Å². The Morgan fingerprint density at radius 3 is 1.55 bits per heavy atom. The zero-order valence-corrected chi connectivity index (χ0v) is 36.6. The molecule has 0 atom stereocenters. The van der Waals surface area contributed by atoms with Crippen molar-refractivity contribution in [1.82, 2.24) is 4.57 Å². The molecule has 0 N–H and O–H groups in total. The van der Waals surface area contributed by atoms with E-state index < -0.39 is 5.41 Å². The Morgan fingerprint density at radius 1 is 0.299 bits per heavy atom. The lowest BCUT2D eigenvalue weighted by Gasteiger charge is -2.32. The van der Waals surface area contributed by atoms with Crippen LogP contribution in [-0.2, 0) is 5.41 Å². The fourth-order valence-corrected chi connectivity index (χ4v) is 11.8. The normalized spacial score (nSPS) is 12.9. The summed E-state index contributed by atoms with van der Waals surface area (Å²) in [6.07, 6.45) is 0. The highest BCUT2D eigenvalue weighted by molar-refractivity contribution is 6.10. The van der Waals surface area contributed by atoms with Crippen LogP contribution >= 0.6 is 0 Å². The lowest BCUT2D eigenvalue weighted by atomic mass is 9.70. The van der Waals surface area contributed by atoms with Crippen LogP contribution in [0.15, 0.2) is 255 Å². The van der Waals surface area contributed by atoms with E-state index in [-0.39, 0.29) is 0 Å².